The molecule has 1 aliphatic rings. The van der Waals surface area contributed by atoms with Crippen LogP contribution in [-0.2, 0) is 6.42 Å². The lowest BCUT2D eigenvalue weighted by atomic mass is 9.89. The van der Waals surface area contributed by atoms with Gasteiger partial charge >= 0.3 is 0 Å². The Kier molecular flexibility index (Phi) is 2.50. The van der Waals surface area contributed by atoms with Crippen molar-refractivity contribution in [2.75, 3.05) is 0 Å². The number of rotatable bonds is 0. The lowest BCUT2D eigenvalue weighted by Gasteiger charge is -2.15. The van der Waals surface area contributed by atoms with Crippen molar-refractivity contribution in [2.24, 2.45) is 0 Å². The van der Waals surface area contributed by atoms with Crippen molar-refractivity contribution in [3.05, 3.63) is 82.9 Å². The molecule has 0 nitrogen and oxygen atoms in total. The quantitative estimate of drug-likeness (QED) is 0.299. The molecular formula is C23H18. The van der Waals surface area contributed by atoms with Gasteiger partial charge in [0.2, 0.25) is 0 Å². The molecule has 110 valence electrons. The van der Waals surface area contributed by atoms with E-state index in [1.807, 2.05) is 0 Å². The van der Waals surface area contributed by atoms with E-state index >= 15 is 0 Å². The maximum atomic E-state index is 2.32. The smallest absolute Gasteiger partial charge is 0.000718 e. The topological polar surface area (TPSA) is 0 Å². The van der Waals surface area contributed by atoms with Gasteiger partial charge in [0.1, 0.15) is 0 Å². The van der Waals surface area contributed by atoms with Gasteiger partial charge in [-0.2, -0.15) is 0 Å². The first-order chi connectivity index (χ1) is 11.3. The van der Waals surface area contributed by atoms with Crippen molar-refractivity contribution in [3.63, 3.8) is 0 Å². The molecule has 0 heteroatoms. The summed E-state index contributed by atoms with van der Waals surface area (Å²) >= 11 is 0. The highest BCUT2D eigenvalue weighted by atomic mass is 14.3. The Morgan fingerprint density at radius 3 is 2.13 bits per heavy atom. The molecule has 0 heterocycles. The Morgan fingerprint density at radius 2 is 1.30 bits per heavy atom. The summed E-state index contributed by atoms with van der Waals surface area (Å²) in [5, 5.41) is 5.65. The highest BCUT2D eigenvalue weighted by Gasteiger charge is 2.22. The molecule has 23 heavy (non-hydrogen) atoms. The van der Waals surface area contributed by atoms with Crippen molar-refractivity contribution in [3.8, 4) is 11.1 Å². The minimum absolute atomic E-state index is 1.06. The molecule has 0 saturated heterocycles. The van der Waals surface area contributed by atoms with Gasteiger partial charge in [0, 0.05) is 0 Å². The van der Waals surface area contributed by atoms with E-state index < -0.39 is 0 Å². The van der Waals surface area contributed by atoms with E-state index in [9.17, 15) is 0 Å². The summed E-state index contributed by atoms with van der Waals surface area (Å²) in [6.07, 6.45) is 1.06. The molecule has 5 rings (SSSR count). The molecule has 0 fully saturated rings. The largest absolute Gasteiger partial charge is 0.0619 e. The lowest BCUT2D eigenvalue weighted by Crippen LogP contribution is -1.92. The molecule has 0 aliphatic heterocycles. The fourth-order valence-electron chi connectivity index (χ4n) is 4.37. The van der Waals surface area contributed by atoms with Crippen LogP contribution in [0.4, 0.5) is 0 Å². The first-order valence-corrected chi connectivity index (χ1v) is 8.27. The fourth-order valence-corrected chi connectivity index (χ4v) is 4.37. The molecule has 4 aromatic carbocycles. The van der Waals surface area contributed by atoms with E-state index in [1.165, 1.54) is 54.9 Å². The third-order valence-electron chi connectivity index (χ3n) is 5.50. The Hall–Kier alpha value is -2.60. The zero-order chi connectivity index (χ0) is 15.6. The van der Waals surface area contributed by atoms with Crippen LogP contribution in [0, 0.1) is 13.8 Å². The van der Waals surface area contributed by atoms with E-state index in [1.54, 1.807) is 0 Å². The van der Waals surface area contributed by atoms with Crippen LogP contribution in [0.1, 0.15) is 22.3 Å². The Bertz CT molecular complexity index is 1100. The molecular weight excluding hydrogens is 276 g/mol. The predicted octanol–water partition coefficient (Wildman–Crippen LogP) is 6.18. The van der Waals surface area contributed by atoms with Crippen LogP contribution in [0.5, 0.6) is 0 Å². The van der Waals surface area contributed by atoms with Gasteiger partial charge in [-0.15, -0.1) is 0 Å². The maximum absolute atomic E-state index is 2.32. The molecule has 1 aliphatic carbocycles. The van der Waals surface area contributed by atoms with Gasteiger partial charge in [0.15, 0.2) is 0 Å². The summed E-state index contributed by atoms with van der Waals surface area (Å²) in [5.74, 6) is 0. The van der Waals surface area contributed by atoms with Crippen molar-refractivity contribution < 1.29 is 0 Å². The fraction of sp³-hybridized carbons (Fsp3) is 0.130. The first-order valence-electron chi connectivity index (χ1n) is 8.27. The van der Waals surface area contributed by atoms with Crippen molar-refractivity contribution in [1.29, 1.82) is 0 Å². The monoisotopic (exact) mass is 294 g/mol. The number of benzene rings is 4. The highest BCUT2D eigenvalue weighted by Crippen LogP contribution is 2.43. The minimum Gasteiger partial charge on any atom is -0.0619 e. The average molecular weight is 294 g/mol. The third-order valence-corrected chi connectivity index (χ3v) is 5.50. The average Bonchev–Trinajstić information content (AvgIpc) is 2.98. The Morgan fingerprint density at radius 1 is 0.609 bits per heavy atom. The molecule has 0 aromatic heterocycles. The summed E-state index contributed by atoms with van der Waals surface area (Å²) in [7, 11) is 0. The third kappa shape index (κ3) is 1.61. The summed E-state index contributed by atoms with van der Waals surface area (Å²) in [6.45, 7) is 4.55. The van der Waals surface area contributed by atoms with E-state index in [-0.39, 0.29) is 0 Å². The second kappa shape index (κ2) is 4.45. The number of aryl methyl sites for hydroxylation is 2. The predicted molar refractivity (Wildman–Crippen MR) is 99.2 cm³/mol. The van der Waals surface area contributed by atoms with Crippen LogP contribution in [0.3, 0.4) is 0 Å². The van der Waals surface area contributed by atoms with Gasteiger partial charge in [-0.3, -0.25) is 0 Å². The zero-order valence-electron chi connectivity index (χ0n) is 13.5. The standard InChI is InChI=1S/C23H18/c1-14-17-8-5-6-9-18(17)15(2)23-19(14)11-12-21-20-10-4-3-7-16(20)13-22(21)23/h3-12H,13H2,1-2H3. The Labute approximate surface area is 136 Å². The van der Waals surface area contributed by atoms with Gasteiger partial charge < -0.3 is 0 Å². The molecule has 0 N–H and O–H groups in total. The van der Waals surface area contributed by atoms with Gasteiger partial charge in [-0.1, -0.05) is 60.7 Å². The van der Waals surface area contributed by atoms with Crippen molar-refractivity contribution >= 4 is 21.5 Å². The van der Waals surface area contributed by atoms with Crippen LogP contribution in [0.2, 0.25) is 0 Å². The first kappa shape index (κ1) is 12.9. The number of hydrogen-bond donors (Lipinski definition) is 0. The molecule has 0 spiro atoms. The van der Waals surface area contributed by atoms with E-state index in [4.69, 9.17) is 0 Å². The maximum Gasteiger partial charge on any atom is -0.000718 e. The van der Waals surface area contributed by atoms with Crippen molar-refractivity contribution in [1.82, 2.24) is 0 Å². The second-order valence-electron chi connectivity index (χ2n) is 6.64. The molecule has 0 saturated carbocycles. The SMILES string of the molecule is Cc1c2ccccc2c(C)c2c3c(ccc12)-c1ccccc1C3. The van der Waals surface area contributed by atoms with Crippen LogP contribution in [0.15, 0.2) is 60.7 Å². The van der Waals surface area contributed by atoms with Crippen LogP contribution < -0.4 is 0 Å². The minimum atomic E-state index is 1.06. The second-order valence-corrected chi connectivity index (χ2v) is 6.64. The van der Waals surface area contributed by atoms with E-state index in [0.29, 0.717) is 0 Å². The normalized spacial score (nSPS) is 12.6. The van der Waals surface area contributed by atoms with E-state index in [0.717, 1.165) is 6.42 Å². The Balaban J connectivity index is 1.98. The lowest BCUT2D eigenvalue weighted by molar-refractivity contribution is 1.28. The van der Waals surface area contributed by atoms with Crippen LogP contribution >= 0.6 is 0 Å². The van der Waals surface area contributed by atoms with Crippen molar-refractivity contribution in [2.45, 2.75) is 20.3 Å². The van der Waals surface area contributed by atoms with Gasteiger partial charge in [-0.05, 0) is 75.2 Å². The highest BCUT2D eigenvalue weighted by molar-refractivity contribution is 6.09. The van der Waals surface area contributed by atoms with Crippen LogP contribution in [0.25, 0.3) is 32.7 Å². The summed E-state index contributed by atoms with van der Waals surface area (Å²) in [4.78, 5) is 0. The summed E-state index contributed by atoms with van der Waals surface area (Å²) in [6, 6.07) is 22.3. The van der Waals surface area contributed by atoms with E-state index in [2.05, 4.69) is 74.5 Å². The molecule has 0 atom stereocenters. The summed E-state index contributed by atoms with van der Waals surface area (Å²) in [5.41, 5.74) is 8.63. The zero-order valence-corrected chi connectivity index (χ0v) is 13.5. The molecule has 0 bridgehead atoms. The number of hydrogen-bond acceptors (Lipinski definition) is 0. The molecule has 0 unspecified atom stereocenters. The molecule has 0 radical (unpaired) electrons. The molecule has 0 amide bonds. The van der Waals surface area contributed by atoms with Gasteiger partial charge in [-0.25, -0.2) is 0 Å². The van der Waals surface area contributed by atoms with Gasteiger partial charge in [0.05, 0.1) is 0 Å². The van der Waals surface area contributed by atoms with Gasteiger partial charge in [0.25, 0.3) is 0 Å². The number of fused-ring (bicyclic) bond motifs is 6. The molecule has 4 aromatic rings. The summed E-state index contributed by atoms with van der Waals surface area (Å²) < 4.78 is 0. The van der Waals surface area contributed by atoms with Crippen LogP contribution in [-0.4, -0.2) is 0 Å².